The molecular formula is C22H29NO4. The van der Waals surface area contributed by atoms with Gasteiger partial charge < -0.3 is 9.47 Å². The van der Waals surface area contributed by atoms with E-state index in [9.17, 15) is 9.59 Å². The summed E-state index contributed by atoms with van der Waals surface area (Å²) in [5, 5.41) is 0. The van der Waals surface area contributed by atoms with E-state index in [0.717, 1.165) is 38.1 Å². The molecule has 146 valence electrons. The van der Waals surface area contributed by atoms with E-state index in [1.807, 2.05) is 12.1 Å². The van der Waals surface area contributed by atoms with Crippen molar-refractivity contribution in [2.45, 2.75) is 56.9 Å². The zero-order valence-electron chi connectivity index (χ0n) is 16.1. The molecule has 27 heavy (non-hydrogen) atoms. The quantitative estimate of drug-likeness (QED) is 0.445. The SMILES string of the molecule is COC(=O)/C=C/C(=O)Oc1cccc(C2(N3CCCCC3)CCCCC2)c1. The highest BCUT2D eigenvalue weighted by atomic mass is 16.5. The van der Waals surface area contributed by atoms with E-state index in [1.54, 1.807) is 6.07 Å². The van der Waals surface area contributed by atoms with Crippen LogP contribution in [0.25, 0.3) is 0 Å². The van der Waals surface area contributed by atoms with Crippen LogP contribution in [0.5, 0.6) is 5.75 Å². The molecular weight excluding hydrogens is 342 g/mol. The van der Waals surface area contributed by atoms with Crippen molar-refractivity contribution in [3.05, 3.63) is 42.0 Å². The summed E-state index contributed by atoms with van der Waals surface area (Å²) in [6, 6.07) is 7.92. The molecule has 0 spiro atoms. The van der Waals surface area contributed by atoms with Gasteiger partial charge >= 0.3 is 11.9 Å². The van der Waals surface area contributed by atoms with Crippen LogP contribution in [0.3, 0.4) is 0 Å². The van der Waals surface area contributed by atoms with Crippen molar-refractivity contribution in [3.63, 3.8) is 0 Å². The molecule has 0 atom stereocenters. The van der Waals surface area contributed by atoms with Crippen molar-refractivity contribution in [3.8, 4) is 5.75 Å². The lowest BCUT2D eigenvalue weighted by Gasteiger charge is -2.48. The molecule has 1 saturated heterocycles. The fraction of sp³-hybridized carbons (Fsp3) is 0.545. The number of rotatable bonds is 5. The molecule has 3 rings (SSSR count). The number of hydrogen-bond donors (Lipinski definition) is 0. The second-order valence-corrected chi connectivity index (χ2v) is 7.45. The van der Waals surface area contributed by atoms with Crippen LogP contribution in [0.4, 0.5) is 0 Å². The van der Waals surface area contributed by atoms with Gasteiger partial charge in [0.05, 0.1) is 7.11 Å². The van der Waals surface area contributed by atoms with Gasteiger partial charge in [0, 0.05) is 17.7 Å². The fourth-order valence-electron chi connectivity index (χ4n) is 4.45. The standard InChI is InChI=1S/C22H29NO4/c1-26-20(24)11-12-21(25)27-19-10-8-9-18(17-19)22(13-4-2-5-14-22)23-15-6-3-7-16-23/h8-12,17H,2-7,13-16H2,1H3/b12-11+. The van der Waals surface area contributed by atoms with Gasteiger partial charge in [0.1, 0.15) is 5.75 Å². The van der Waals surface area contributed by atoms with E-state index < -0.39 is 11.9 Å². The van der Waals surface area contributed by atoms with E-state index in [2.05, 4.69) is 15.7 Å². The lowest BCUT2D eigenvalue weighted by Crippen LogP contribution is -2.49. The Bertz CT molecular complexity index is 685. The molecule has 0 N–H and O–H groups in total. The summed E-state index contributed by atoms with van der Waals surface area (Å²) in [4.78, 5) is 25.8. The van der Waals surface area contributed by atoms with Gasteiger partial charge in [0.15, 0.2) is 0 Å². The third-order valence-corrected chi connectivity index (χ3v) is 5.79. The van der Waals surface area contributed by atoms with Gasteiger partial charge in [0.2, 0.25) is 0 Å². The summed E-state index contributed by atoms with van der Waals surface area (Å²) in [5.74, 6) is -0.630. The summed E-state index contributed by atoms with van der Waals surface area (Å²) in [6.07, 6.45) is 12.1. The summed E-state index contributed by atoms with van der Waals surface area (Å²) in [6.45, 7) is 2.29. The number of ether oxygens (including phenoxy) is 2. The molecule has 1 aromatic carbocycles. The Morgan fingerprint density at radius 3 is 2.33 bits per heavy atom. The van der Waals surface area contributed by atoms with Crippen molar-refractivity contribution in [1.29, 1.82) is 0 Å². The van der Waals surface area contributed by atoms with Gasteiger partial charge in [-0.2, -0.15) is 0 Å². The Labute approximate surface area is 161 Å². The molecule has 0 aromatic heterocycles. The zero-order chi connectivity index (χ0) is 19.1. The Balaban J connectivity index is 1.80. The monoisotopic (exact) mass is 371 g/mol. The highest BCUT2D eigenvalue weighted by Crippen LogP contribution is 2.44. The average molecular weight is 371 g/mol. The van der Waals surface area contributed by atoms with Gasteiger partial charge in [-0.15, -0.1) is 0 Å². The van der Waals surface area contributed by atoms with Crippen molar-refractivity contribution < 1.29 is 19.1 Å². The summed E-state index contributed by atoms with van der Waals surface area (Å²) in [5.41, 5.74) is 1.30. The highest BCUT2D eigenvalue weighted by Gasteiger charge is 2.40. The molecule has 5 nitrogen and oxygen atoms in total. The van der Waals surface area contributed by atoms with Crippen LogP contribution < -0.4 is 4.74 Å². The lowest BCUT2D eigenvalue weighted by atomic mass is 9.74. The first kappa shape index (κ1) is 19.6. The molecule has 1 aliphatic heterocycles. The molecule has 1 heterocycles. The topological polar surface area (TPSA) is 55.8 Å². The van der Waals surface area contributed by atoms with Gasteiger partial charge in [0.25, 0.3) is 0 Å². The van der Waals surface area contributed by atoms with Crippen LogP contribution in [0.15, 0.2) is 36.4 Å². The van der Waals surface area contributed by atoms with Crippen LogP contribution in [0, 0.1) is 0 Å². The predicted octanol–water partition coefficient (Wildman–Crippen LogP) is 3.97. The van der Waals surface area contributed by atoms with Crippen molar-refractivity contribution in [2.75, 3.05) is 20.2 Å². The Morgan fingerprint density at radius 2 is 1.63 bits per heavy atom. The Kier molecular flexibility index (Phi) is 6.67. The van der Waals surface area contributed by atoms with Crippen molar-refractivity contribution in [1.82, 2.24) is 4.90 Å². The van der Waals surface area contributed by atoms with Gasteiger partial charge in [-0.05, 0) is 56.5 Å². The second-order valence-electron chi connectivity index (χ2n) is 7.45. The van der Waals surface area contributed by atoms with Crippen LogP contribution in [0.2, 0.25) is 0 Å². The molecule has 0 radical (unpaired) electrons. The molecule has 0 bridgehead atoms. The number of hydrogen-bond acceptors (Lipinski definition) is 5. The number of esters is 2. The number of benzene rings is 1. The lowest BCUT2D eigenvalue weighted by molar-refractivity contribution is -0.135. The predicted molar refractivity (Wildman–Crippen MR) is 103 cm³/mol. The smallest absolute Gasteiger partial charge is 0.336 e. The molecule has 0 amide bonds. The summed E-state index contributed by atoms with van der Waals surface area (Å²) < 4.78 is 9.91. The number of nitrogens with zero attached hydrogens (tertiary/aromatic N) is 1. The van der Waals surface area contributed by atoms with Gasteiger partial charge in [-0.25, -0.2) is 9.59 Å². The summed E-state index contributed by atoms with van der Waals surface area (Å²) in [7, 11) is 1.27. The number of piperidine rings is 1. The summed E-state index contributed by atoms with van der Waals surface area (Å²) >= 11 is 0. The van der Waals surface area contributed by atoms with Crippen LogP contribution >= 0.6 is 0 Å². The molecule has 1 saturated carbocycles. The normalized spacial score (nSPS) is 20.3. The third kappa shape index (κ3) is 4.78. The molecule has 2 aliphatic rings. The minimum Gasteiger partial charge on any atom is -0.466 e. The maximum atomic E-state index is 12.0. The molecule has 2 fully saturated rings. The zero-order valence-corrected chi connectivity index (χ0v) is 16.1. The maximum absolute atomic E-state index is 12.0. The second kappa shape index (κ2) is 9.18. The minimum absolute atomic E-state index is 0.0585. The molecule has 1 aliphatic carbocycles. The van der Waals surface area contributed by atoms with E-state index in [-0.39, 0.29) is 5.54 Å². The van der Waals surface area contributed by atoms with Crippen LogP contribution in [-0.2, 0) is 19.9 Å². The third-order valence-electron chi connectivity index (χ3n) is 5.79. The number of methoxy groups -OCH3 is 1. The van der Waals surface area contributed by atoms with Crippen LogP contribution in [0.1, 0.15) is 56.9 Å². The molecule has 0 unspecified atom stereocenters. The minimum atomic E-state index is -0.577. The fourth-order valence-corrected chi connectivity index (χ4v) is 4.45. The maximum Gasteiger partial charge on any atom is 0.336 e. The van der Waals surface area contributed by atoms with Crippen molar-refractivity contribution in [2.24, 2.45) is 0 Å². The van der Waals surface area contributed by atoms with E-state index >= 15 is 0 Å². The van der Waals surface area contributed by atoms with E-state index in [0.29, 0.717) is 5.75 Å². The van der Waals surface area contributed by atoms with Gasteiger partial charge in [-0.1, -0.05) is 37.8 Å². The molecule has 5 heteroatoms. The van der Waals surface area contributed by atoms with E-state index in [4.69, 9.17) is 4.74 Å². The molecule has 1 aromatic rings. The van der Waals surface area contributed by atoms with Gasteiger partial charge in [-0.3, -0.25) is 4.90 Å². The first-order valence-electron chi connectivity index (χ1n) is 9.97. The Hall–Kier alpha value is -2.14. The first-order valence-corrected chi connectivity index (χ1v) is 9.97. The largest absolute Gasteiger partial charge is 0.466 e. The van der Waals surface area contributed by atoms with E-state index in [1.165, 1.54) is 51.2 Å². The van der Waals surface area contributed by atoms with Crippen LogP contribution in [-0.4, -0.2) is 37.0 Å². The average Bonchev–Trinajstić information content (AvgIpc) is 2.73. The Morgan fingerprint density at radius 1 is 0.963 bits per heavy atom. The number of carbonyl (C=O) groups is 2. The highest BCUT2D eigenvalue weighted by molar-refractivity contribution is 5.92. The number of likely N-dealkylation sites (tertiary alicyclic amines) is 1. The first-order chi connectivity index (χ1) is 13.1. The number of carbonyl (C=O) groups excluding carboxylic acids is 2. The van der Waals surface area contributed by atoms with Crippen molar-refractivity contribution >= 4 is 11.9 Å².